The molecular formula is C14H16N2O4S. The van der Waals surface area contributed by atoms with Crippen molar-refractivity contribution in [1.82, 2.24) is 4.31 Å². The fraction of sp³-hybridized carbons (Fsp3) is 0.214. The first kappa shape index (κ1) is 15.3. The second kappa shape index (κ2) is 6.11. The third-order valence-electron chi connectivity index (χ3n) is 3.05. The summed E-state index contributed by atoms with van der Waals surface area (Å²) in [4.78, 5) is 10.5. The SMILES string of the molecule is CN(CCC(=O)O)S(=O)(=O)Nc1ccc2ccccc2c1. The molecular weight excluding hydrogens is 292 g/mol. The number of carboxylic acids is 1. The molecule has 21 heavy (non-hydrogen) atoms. The van der Waals surface area contributed by atoms with E-state index in [0.717, 1.165) is 15.1 Å². The van der Waals surface area contributed by atoms with E-state index in [1.165, 1.54) is 7.05 Å². The Balaban J connectivity index is 2.16. The van der Waals surface area contributed by atoms with E-state index in [1.54, 1.807) is 12.1 Å². The van der Waals surface area contributed by atoms with Crippen molar-refractivity contribution in [2.24, 2.45) is 0 Å². The Kier molecular flexibility index (Phi) is 4.44. The molecule has 2 aromatic carbocycles. The van der Waals surface area contributed by atoms with E-state index in [2.05, 4.69) is 4.72 Å². The van der Waals surface area contributed by atoms with E-state index in [1.807, 2.05) is 30.3 Å². The van der Waals surface area contributed by atoms with Crippen LogP contribution >= 0.6 is 0 Å². The largest absolute Gasteiger partial charge is 0.481 e. The molecule has 0 spiro atoms. The zero-order valence-corrected chi connectivity index (χ0v) is 12.3. The lowest BCUT2D eigenvalue weighted by molar-refractivity contribution is -0.137. The van der Waals surface area contributed by atoms with Gasteiger partial charge in [-0.3, -0.25) is 9.52 Å². The van der Waals surface area contributed by atoms with Crippen molar-refractivity contribution in [1.29, 1.82) is 0 Å². The molecule has 0 bridgehead atoms. The van der Waals surface area contributed by atoms with Gasteiger partial charge in [-0.15, -0.1) is 0 Å². The fourth-order valence-corrected chi connectivity index (χ4v) is 2.77. The summed E-state index contributed by atoms with van der Waals surface area (Å²) in [5.74, 6) is -1.04. The minimum atomic E-state index is -3.76. The molecule has 0 aliphatic heterocycles. The Bertz CT molecular complexity index is 758. The third-order valence-corrected chi connectivity index (χ3v) is 4.54. The van der Waals surface area contributed by atoms with Crippen LogP contribution < -0.4 is 4.72 Å². The van der Waals surface area contributed by atoms with Gasteiger partial charge in [0, 0.05) is 13.6 Å². The van der Waals surface area contributed by atoms with Crippen LogP contribution in [0.3, 0.4) is 0 Å². The summed E-state index contributed by atoms with van der Waals surface area (Å²) in [6, 6.07) is 12.8. The average Bonchev–Trinajstić information content (AvgIpc) is 2.44. The van der Waals surface area contributed by atoms with E-state index in [4.69, 9.17) is 5.11 Å². The topological polar surface area (TPSA) is 86.7 Å². The summed E-state index contributed by atoms with van der Waals surface area (Å²) in [7, 11) is -2.42. The van der Waals surface area contributed by atoms with Crippen LogP contribution in [-0.4, -0.2) is 37.4 Å². The van der Waals surface area contributed by atoms with Crippen LogP contribution in [0.1, 0.15) is 6.42 Å². The van der Waals surface area contributed by atoms with E-state index in [-0.39, 0.29) is 13.0 Å². The third kappa shape index (κ3) is 3.93. The Morgan fingerprint density at radius 1 is 1.19 bits per heavy atom. The number of nitrogens with one attached hydrogen (secondary N) is 1. The van der Waals surface area contributed by atoms with Crippen molar-refractivity contribution < 1.29 is 18.3 Å². The van der Waals surface area contributed by atoms with Gasteiger partial charge in [-0.25, -0.2) is 0 Å². The van der Waals surface area contributed by atoms with E-state index < -0.39 is 16.2 Å². The van der Waals surface area contributed by atoms with Crippen LogP contribution in [0.15, 0.2) is 42.5 Å². The lowest BCUT2D eigenvalue weighted by Gasteiger charge is -2.17. The molecule has 0 radical (unpaired) electrons. The number of rotatable bonds is 6. The molecule has 6 nitrogen and oxygen atoms in total. The quantitative estimate of drug-likeness (QED) is 0.853. The van der Waals surface area contributed by atoms with Crippen molar-refractivity contribution in [2.75, 3.05) is 18.3 Å². The molecule has 7 heteroatoms. The summed E-state index contributed by atoms with van der Waals surface area (Å²) >= 11 is 0. The average molecular weight is 308 g/mol. The standard InChI is InChI=1S/C14H16N2O4S/c1-16(9-8-14(17)18)21(19,20)15-13-7-6-11-4-2-3-5-12(11)10-13/h2-7,10,15H,8-9H2,1H3,(H,17,18). The summed E-state index contributed by atoms with van der Waals surface area (Å²) < 4.78 is 27.6. The molecule has 2 aromatic rings. The molecule has 0 aromatic heterocycles. The summed E-state index contributed by atoms with van der Waals surface area (Å²) in [5.41, 5.74) is 0.441. The Hall–Kier alpha value is -2.12. The number of hydrogen-bond acceptors (Lipinski definition) is 3. The van der Waals surface area contributed by atoms with Crippen LogP contribution in [0, 0.1) is 0 Å². The first-order chi connectivity index (χ1) is 9.88. The molecule has 0 amide bonds. The molecule has 112 valence electrons. The van der Waals surface area contributed by atoms with Crippen LogP contribution in [0.2, 0.25) is 0 Å². The van der Waals surface area contributed by atoms with E-state index >= 15 is 0 Å². The van der Waals surface area contributed by atoms with Gasteiger partial charge >= 0.3 is 16.2 Å². The fourth-order valence-electron chi connectivity index (χ4n) is 1.85. The summed E-state index contributed by atoms with van der Waals surface area (Å²) in [6.07, 6.45) is -0.241. The second-order valence-corrected chi connectivity index (χ2v) is 6.41. The number of hydrogen-bond donors (Lipinski definition) is 2. The number of carboxylic acid groups (broad SMARTS) is 1. The minimum absolute atomic E-state index is 0.0851. The first-order valence-electron chi connectivity index (χ1n) is 6.33. The highest BCUT2D eigenvalue weighted by atomic mass is 32.2. The van der Waals surface area contributed by atoms with Crippen LogP contribution in [-0.2, 0) is 15.0 Å². The molecule has 0 saturated heterocycles. The van der Waals surface area contributed by atoms with Gasteiger partial charge in [0.25, 0.3) is 0 Å². The van der Waals surface area contributed by atoms with Crippen LogP contribution in [0.25, 0.3) is 10.8 Å². The van der Waals surface area contributed by atoms with E-state index in [9.17, 15) is 13.2 Å². The number of carbonyl (C=O) groups is 1. The van der Waals surface area contributed by atoms with Crippen molar-refractivity contribution in [3.8, 4) is 0 Å². The van der Waals surface area contributed by atoms with Gasteiger partial charge < -0.3 is 5.11 Å². The Morgan fingerprint density at radius 2 is 1.86 bits per heavy atom. The summed E-state index contributed by atoms with van der Waals surface area (Å²) in [5, 5.41) is 10.5. The maximum atomic E-state index is 12.1. The predicted molar refractivity (Wildman–Crippen MR) is 81.4 cm³/mol. The smallest absolute Gasteiger partial charge is 0.304 e. The van der Waals surface area contributed by atoms with Gasteiger partial charge in [0.05, 0.1) is 12.1 Å². The Labute approximate surface area is 123 Å². The van der Waals surface area contributed by atoms with Crippen molar-refractivity contribution in [2.45, 2.75) is 6.42 Å². The highest BCUT2D eigenvalue weighted by molar-refractivity contribution is 7.90. The van der Waals surface area contributed by atoms with Crippen LogP contribution in [0.5, 0.6) is 0 Å². The molecule has 0 fully saturated rings. The summed E-state index contributed by atoms with van der Waals surface area (Å²) in [6.45, 7) is -0.0851. The molecule has 0 aliphatic rings. The maximum Gasteiger partial charge on any atom is 0.304 e. The van der Waals surface area contributed by atoms with Gasteiger partial charge in [0.1, 0.15) is 0 Å². The van der Waals surface area contributed by atoms with E-state index in [0.29, 0.717) is 5.69 Å². The number of anilines is 1. The first-order valence-corrected chi connectivity index (χ1v) is 7.77. The van der Waals surface area contributed by atoms with Gasteiger partial charge in [-0.05, 0) is 22.9 Å². The Morgan fingerprint density at radius 3 is 2.52 bits per heavy atom. The van der Waals surface area contributed by atoms with Gasteiger partial charge in [0.15, 0.2) is 0 Å². The lowest BCUT2D eigenvalue weighted by Crippen LogP contribution is -2.34. The molecule has 0 unspecified atom stereocenters. The van der Waals surface area contributed by atoms with Gasteiger partial charge in [-0.2, -0.15) is 12.7 Å². The minimum Gasteiger partial charge on any atom is -0.481 e. The molecule has 0 saturated carbocycles. The molecule has 2 rings (SSSR count). The van der Waals surface area contributed by atoms with Gasteiger partial charge in [0.2, 0.25) is 0 Å². The zero-order chi connectivity index (χ0) is 15.5. The predicted octanol–water partition coefficient (Wildman–Crippen LogP) is 1.90. The maximum absolute atomic E-state index is 12.1. The number of benzene rings is 2. The zero-order valence-electron chi connectivity index (χ0n) is 11.5. The number of fused-ring (bicyclic) bond motifs is 1. The second-order valence-electron chi connectivity index (χ2n) is 4.63. The van der Waals surface area contributed by atoms with Crippen molar-refractivity contribution >= 4 is 32.6 Å². The monoisotopic (exact) mass is 308 g/mol. The highest BCUT2D eigenvalue weighted by Gasteiger charge is 2.18. The number of aliphatic carboxylic acids is 1. The van der Waals surface area contributed by atoms with Gasteiger partial charge in [-0.1, -0.05) is 30.3 Å². The highest BCUT2D eigenvalue weighted by Crippen LogP contribution is 2.20. The lowest BCUT2D eigenvalue weighted by atomic mass is 10.1. The molecule has 2 N–H and O–H groups in total. The van der Waals surface area contributed by atoms with Crippen molar-refractivity contribution in [3.63, 3.8) is 0 Å². The number of nitrogens with zero attached hydrogens (tertiary/aromatic N) is 1. The molecule has 0 aliphatic carbocycles. The van der Waals surface area contributed by atoms with Crippen molar-refractivity contribution in [3.05, 3.63) is 42.5 Å². The molecule has 0 heterocycles. The molecule has 0 atom stereocenters. The normalized spacial score (nSPS) is 11.7. The van der Waals surface area contributed by atoms with Crippen LogP contribution in [0.4, 0.5) is 5.69 Å².